The summed E-state index contributed by atoms with van der Waals surface area (Å²) in [5.74, 6) is 0.873. The van der Waals surface area contributed by atoms with E-state index in [2.05, 4.69) is 43.1 Å². The maximum absolute atomic E-state index is 3.78. The van der Waals surface area contributed by atoms with Crippen LogP contribution >= 0.6 is 0 Å². The molecule has 114 valence electrons. The highest BCUT2D eigenvalue weighted by molar-refractivity contribution is 4.78. The van der Waals surface area contributed by atoms with E-state index in [1.165, 1.54) is 58.3 Å². The van der Waals surface area contributed by atoms with E-state index in [9.17, 15) is 0 Å². The van der Waals surface area contributed by atoms with Gasteiger partial charge in [0.05, 0.1) is 0 Å². The normalized spacial score (nSPS) is 24.3. The van der Waals surface area contributed by atoms with Gasteiger partial charge in [-0.25, -0.2) is 0 Å². The summed E-state index contributed by atoms with van der Waals surface area (Å²) >= 11 is 0. The van der Waals surface area contributed by atoms with Crippen LogP contribution in [0.5, 0.6) is 0 Å². The van der Waals surface area contributed by atoms with Gasteiger partial charge in [-0.05, 0) is 58.9 Å². The molecule has 2 unspecified atom stereocenters. The van der Waals surface area contributed by atoms with E-state index in [1.54, 1.807) is 0 Å². The van der Waals surface area contributed by atoms with Crippen LogP contribution in [0.3, 0.4) is 0 Å². The molecule has 1 rings (SSSR count). The molecule has 1 aliphatic carbocycles. The second-order valence-corrected chi connectivity index (χ2v) is 6.41. The fourth-order valence-corrected chi connectivity index (χ4v) is 3.07. The first-order valence-corrected chi connectivity index (χ1v) is 8.24. The maximum atomic E-state index is 3.78. The van der Waals surface area contributed by atoms with Crippen molar-refractivity contribution in [2.75, 3.05) is 46.8 Å². The Morgan fingerprint density at radius 3 is 2.42 bits per heavy atom. The number of likely N-dealkylation sites (N-methyl/N-ethyl adjacent to an activating group) is 1. The topological polar surface area (TPSA) is 18.5 Å². The zero-order valence-electron chi connectivity index (χ0n) is 13.6. The molecule has 3 nitrogen and oxygen atoms in total. The summed E-state index contributed by atoms with van der Waals surface area (Å²) in [6, 6.07) is 0.772. The number of hydrogen-bond acceptors (Lipinski definition) is 3. The predicted molar refractivity (Wildman–Crippen MR) is 84.7 cm³/mol. The molecular weight excluding hydrogens is 234 g/mol. The minimum absolute atomic E-state index is 0.772. The van der Waals surface area contributed by atoms with Crippen molar-refractivity contribution in [2.45, 2.75) is 52.0 Å². The van der Waals surface area contributed by atoms with Gasteiger partial charge in [-0.15, -0.1) is 0 Å². The third kappa shape index (κ3) is 7.28. The van der Waals surface area contributed by atoms with Crippen LogP contribution in [0.15, 0.2) is 0 Å². The summed E-state index contributed by atoms with van der Waals surface area (Å²) < 4.78 is 0. The van der Waals surface area contributed by atoms with Crippen LogP contribution in [-0.4, -0.2) is 62.7 Å². The molecule has 2 atom stereocenters. The molecule has 1 fully saturated rings. The number of nitrogens with one attached hydrogen (secondary N) is 1. The molecule has 1 N–H and O–H groups in total. The summed E-state index contributed by atoms with van der Waals surface area (Å²) in [6.07, 6.45) is 6.93. The van der Waals surface area contributed by atoms with Gasteiger partial charge in [-0.3, -0.25) is 0 Å². The largest absolute Gasteiger partial charge is 0.312 e. The van der Waals surface area contributed by atoms with E-state index in [-0.39, 0.29) is 0 Å². The summed E-state index contributed by atoms with van der Waals surface area (Å²) in [6.45, 7) is 10.7. The molecule has 0 aromatic heterocycles. The number of rotatable bonds is 9. The first-order valence-electron chi connectivity index (χ1n) is 8.24. The molecule has 0 bridgehead atoms. The van der Waals surface area contributed by atoms with Gasteiger partial charge in [0, 0.05) is 19.1 Å². The van der Waals surface area contributed by atoms with Crippen LogP contribution in [0.2, 0.25) is 0 Å². The third-order valence-corrected chi connectivity index (χ3v) is 4.47. The van der Waals surface area contributed by atoms with Crippen molar-refractivity contribution in [3.8, 4) is 0 Å². The Morgan fingerprint density at radius 1 is 1.05 bits per heavy atom. The van der Waals surface area contributed by atoms with Crippen LogP contribution in [0, 0.1) is 5.92 Å². The molecule has 0 amide bonds. The third-order valence-electron chi connectivity index (χ3n) is 4.47. The second kappa shape index (κ2) is 9.73. The average Bonchev–Trinajstić information content (AvgIpc) is 2.38. The SMILES string of the molecule is CCN(CCCN(C)C)CCNC1CCCCC1C. The summed E-state index contributed by atoms with van der Waals surface area (Å²) in [7, 11) is 4.31. The smallest absolute Gasteiger partial charge is 0.0107 e. The van der Waals surface area contributed by atoms with Crippen molar-refractivity contribution in [3.05, 3.63) is 0 Å². The first-order chi connectivity index (χ1) is 9.13. The van der Waals surface area contributed by atoms with E-state index in [0.29, 0.717) is 0 Å². The Labute approximate surface area is 120 Å². The summed E-state index contributed by atoms with van der Waals surface area (Å²) in [4.78, 5) is 4.85. The van der Waals surface area contributed by atoms with E-state index in [1.807, 2.05) is 0 Å². The van der Waals surface area contributed by atoms with Gasteiger partial charge in [-0.1, -0.05) is 26.7 Å². The van der Waals surface area contributed by atoms with Crippen molar-refractivity contribution in [1.29, 1.82) is 0 Å². The molecule has 0 heterocycles. The number of hydrogen-bond donors (Lipinski definition) is 1. The molecule has 0 spiro atoms. The molecular formula is C16H35N3. The number of nitrogens with zero attached hydrogens (tertiary/aromatic N) is 2. The molecule has 0 aromatic carbocycles. The Hall–Kier alpha value is -0.120. The monoisotopic (exact) mass is 269 g/mol. The lowest BCUT2D eigenvalue weighted by atomic mass is 9.86. The van der Waals surface area contributed by atoms with E-state index in [4.69, 9.17) is 0 Å². The molecule has 0 radical (unpaired) electrons. The Morgan fingerprint density at radius 2 is 1.79 bits per heavy atom. The fraction of sp³-hybridized carbons (Fsp3) is 1.00. The molecule has 3 heteroatoms. The Kier molecular flexibility index (Phi) is 8.67. The lowest BCUT2D eigenvalue weighted by molar-refractivity contribution is 0.238. The standard InChI is InChI=1S/C16H35N3/c1-5-19(13-8-12-18(3)4)14-11-17-16-10-7-6-9-15(16)2/h15-17H,5-14H2,1-4H3. The highest BCUT2D eigenvalue weighted by atomic mass is 15.1. The van der Waals surface area contributed by atoms with Gasteiger partial charge in [-0.2, -0.15) is 0 Å². The van der Waals surface area contributed by atoms with Crippen molar-refractivity contribution >= 4 is 0 Å². The van der Waals surface area contributed by atoms with Crippen LogP contribution in [-0.2, 0) is 0 Å². The Balaban J connectivity index is 2.11. The minimum atomic E-state index is 0.772. The molecule has 0 saturated heterocycles. The van der Waals surface area contributed by atoms with E-state index in [0.717, 1.165) is 18.5 Å². The summed E-state index contributed by atoms with van der Waals surface area (Å²) in [5.41, 5.74) is 0. The molecule has 0 aliphatic heterocycles. The van der Waals surface area contributed by atoms with E-state index >= 15 is 0 Å². The fourth-order valence-electron chi connectivity index (χ4n) is 3.07. The minimum Gasteiger partial charge on any atom is -0.312 e. The van der Waals surface area contributed by atoms with Gasteiger partial charge >= 0.3 is 0 Å². The van der Waals surface area contributed by atoms with Gasteiger partial charge in [0.25, 0.3) is 0 Å². The Bertz CT molecular complexity index is 218. The van der Waals surface area contributed by atoms with Crippen LogP contribution in [0.4, 0.5) is 0 Å². The van der Waals surface area contributed by atoms with Gasteiger partial charge in [0.1, 0.15) is 0 Å². The zero-order valence-corrected chi connectivity index (χ0v) is 13.6. The van der Waals surface area contributed by atoms with E-state index < -0.39 is 0 Å². The van der Waals surface area contributed by atoms with Crippen molar-refractivity contribution < 1.29 is 0 Å². The van der Waals surface area contributed by atoms with Crippen LogP contribution < -0.4 is 5.32 Å². The van der Waals surface area contributed by atoms with Crippen molar-refractivity contribution in [3.63, 3.8) is 0 Å². The molecule has 0 aromatic rings. The molecule has 1 saturated carbocycles. The van der Waals surface area contributed by atoms with Gasteiger partial charge in [0.15, 0.2) is 0 Å². The summed E-state index contributed by atoms with van der Waals surface area (Å²) in [5, 5.41) is 3.78. The van der Waals surface area contributed by atoms with Crippen molar-refractivity contribution in [1.82, 2.24) is 15.1 Å². The lowest BCUT2D eigenvalue weighted by Crippen LogP contribution is -2.42. The van der Waals surface area contributed by atoms with Crippen LogP contribution in [0.1, 0.15) is 46.0 Å². The predicted octanol–water partition coefficient (Wildman–Crippen LogP) is 2.43. The first kappa shape index (κ1) is 16.9. The maximum Gasteiger partial charge on any atom is 0.0107 e. The highest BCUT2D eigenvalue weighted by Gasteiger charge is 2.20. The second-order valence-electron chi connectivity index (χ2n) is 6.41. The zero-order chi connectivity index (χ0) is 14.1. The molecule has 1 aliphatic rings. The quantitative estimate of drug-likeness (QED) is 0.693. The lowest BCUT2D eigenvalue weighted by Gasteiger charge is -2.31. The highest BCUT2D eigenvalue weighted by Crippen LogP contribution is 2.23. The van der Waals surface area contributed by atoms with Crippen molar-refractivity contribution in [2.24, 2.45) is 5.92 Å². The average molecular weight is 269 g/mol. The van der Waals surface area contributed by atoms with Crippen LogP contribution in [0.25, 0.3) is 0 Å². The van der Waals surface area contributed by atoms with Gasteiger partial charge in [0.2, 0.25) is 0 Å². The van der Waals surface area contributed by atoms with Gasteiger partial charge < -0.3 is 15.1 Å². The molecule has 19 heavy (non-hydrogen) atoms.